The number of hydrogen-bond donors (Lipinski definition) is 1. The molecule has 2 nitrogen and oxygen atoms in total. The van der Waals surface area contributed by atoms with E-state index in [2.05, 4.69) is 11.8 Å². The standard InChI is InChI=1S/C16H25FN2/c1-12-4-3-10-19(11-9-12)16(13(2)18)14-5-7-15(17)8-6-14/h5-8,12-13,16H,3-4,9-11,18H2,1-2H3. The van der Waals surface area contributed by atoms with Crippen LogP contribution in [0.5, 0.6) is 0 Å². The molecule has 0 bridgehead atoms. The summed E-state index contributed by atoms with van der Waals surface area (Å²) in [5, 5.41) is 0. The van der Waals surface area contributed by atoms with Crippen LogP contribution in [0.1, 0.15) is 44.7 Å². The van der Waals surface area contributed by atoms with E-state index in [1.807, 2.05) is 19.1 Å². The zero-order valence-corrected chi connectivity index (χ0v) is 12.0. The molecule has 1 aromatic carbocycles. The molecule has 106 valence electrons. The summed E-state index contributed by atoms with van der Waals surface area (Å²) in [7, 11) is 0. The van der Waals surface area contributed by atoms with Crippen LogP contribution in [0, 0.1) is 11.7 Å². The fraction of sp³-hybridized carbons (Fsp3) is 0.625. The lowest BCUT2D eigenvalue weighted by Gasteiger charge is -2.34. The molecule has 0 saturated carbocycles. The van der Waals surface area contributed by atoms with E-state index in [0.717, 1.165) is 24.6 Å². The van der Waals surface area contributed by atoms with E-state index in [1.54, 1.807) is 0 Å². The molecule has 1 aliphatic rings. The first-order valence-corrected chi connectivity index (χ1v) is 7.33. The number of likely N-dealkylation sites (tertiary alicyclic amines) is 1. The minimum absolute atomic E-state index is 0.0545. The van der Waals surface area contributed by atoms with E-state index in [4.69, 9.17) is 5.73 Å². The lowest BCUT2D eigenvalue weighted by Crippen LogP contribution is -2.40. The highest BCUT2D eigenvalue weighted by atomic mass is 19.1. The van der Waals surface area contributed by atoms with Gasteiger partial charge in [0.05, 0.1) is 0 Å². The molecule has 1 saturated heterocycles. The Bertz CT molecular complexity index is 388. The van der Waals surface area contributed by atoms with Crippen molar-refractivity contribution in [2.45, 2.75) is 45.2 Å². The first kappa shape index (κ1) is 14.5. The molecular weight excluding hydrogens is 239 g/mol. The van der Waals surface area contributed by atoms with Gasteiger partial charge >= 0.3 is 0 Å². The second-order valence-corrected chi connectivity index (χ2v) is 5.93. The van der Waals surface area contributed by atoms with Crippen molar-refractivity contribution >= 4 is 0 Å². The highest BCUT2D eigenvalue weighted by Crippen LogP contribution is 2.28. The Morgan fingerprint density at radius 1 is 1.21 bits per heavy atom. The molecule has 0 spiro atoms. The van der Waals surface area contributed by atoms with Gasteiger partial charge in [0.1, 0.15) is 5.82 Å². The molecule has 1 fully saturated rings. The second kappa shape index (κ2) is 6.49. The van der Waals surface area contributed by atoms with Gasteiger partial charge in [0.15, 0.2) is 0 Å². The van der Waals surface area contributed by atoms with Crippen molar-refractivity contribution < 1.29 is 4.39 Å². The monoisotopic (exact) mass is 264 g/mol. The van der Waals surface area contributed by atoms with Crippen molar-refractivity contribution in [2.24, 2.45) is 11.7 Å². The fourth-order valence-corrected chi connectivity index (χ4v) is 3.07. The largest absolute Gasteiger partial charge is 0.326 e. The van der Waals surface area contributed by atoms with E-state index in [1.165, 1.54) is 31.4 Å². The number of rotatable bonds is 3. The van der Waals surface area contributed by atoms with Crippen molar-refractivity contribution in [3.05, 3.63) is 35.6 Å². The van der Waals surface area contributed by atoms with Crippen LogP contribution in [0.2, 0.25) is 0 Å². The zero-order valence-electron chi connectivity index (χ0n) is 12.0. The molecule has 3 atom stereocenters. The first-order chi connectivity index (χ1) is 9.08. The van der Waals surface area contributed by atoms with Crippen LogP contribution >= 0.6 is 0 Å². The summed E-state index contributed by atoms with van der Waals surface area (Å²) in [4.78, 5) is 2.47. The Kier molecular flexibility index (Phi) is 4.94. The minimum atomic E-state index is -0.184. The lowest BCUT2D eigenvalue weighted by atomic mass is 9.98. The predicted octanol–water partition coefficient (Wildman–Crippen LogP) is 3.34. The predicted molar refractivity (Wildman–Crippen MR) is 77.4 cm³/mol. The van der Waals surface area contributed by atoms with Crippen molar-refractivity contribution in [3.63, 3.8) is 0 Å². The van der Waals surface area contributed by atoms with Crippen LogP contribution in [0.4, 0.5) is 4.39 Å². The maximum absolute atomic E-state index is 13.1. The van der Waals surface area contributed by atoms with E-state index in [9.17, 15) is 4.39 Å². The Morgan fingerprint density at radius 2 is 1.89 bits per heavy atom. The normalized spacial score (nSPS) is 24.7. The summed E-state index contributed by atoms with van der Waals surface area (Å²) in [6.07, 6.45) is 3.75. The van der Waals surface area contributed by atoms with Crippen LogP contribution in [0.25, 0.3) is 0 Å². The molecule has 0 aliphatic carbocycles. The topological polar surface area (TPSA) is 29.3 Å². The first-order valence-electron chi connectivity index (χ1n) is 7.33. The van der Waals surface area contributed by atoms with Gasteiger partial charge in [-0.3, -0.25) is 4.90 Å². The maximum Gasteiger partial charge on any atom is 0.123 e. The molecule has 0 radical (unpaired) electrons. The lowest BCUT2D eigenvalue weighted by molar-refractivity contribution is 0.181. The van der Waals surface area contributed by atoms with Gasteiger partial charge in [-0.05, 0) is 62.9 Å². The minimum Gasteiger partial charge on any atom is -0.326 e. The third kappa shape index (κ3) is 3.77. The molecule has 2 rings (SSSR count). The van der Waals surface area contributed by atoms with Gasteiger partial charge in [-0.15, -0.1) is 0 Å². The number of hydrogen-bond acceptors (Lipinski definition) is 2. The van der Waals surface area contributed by atoms with Crippen molar-refractivity contribution in [3.8, 4) is 0 Å². The van der Waals surface area contributed by atoms with Gasteiger partial charge in [-0.1, -0.05) is 19.1 Å². The van der Waals surface area contributed by atoms with Crippen molar-refractivity contribution in [1.29, 1.82) is 0 Å². The molecular formula is C16H25FN2. The third-order valence-electron chi connectivity index (χ3n) is 4.15. The molecule has 1 aliphatic heterocycles. The van der Waals surface area contributed by atoms with Gasteiger partial charge in [0.2, 0.25) is 0 Å². The molecule has 0 aromatic heterocycles. The summed E-state index contributed by atoms with van der Waals surface area (Å²) < 4.78 is 13.1. The van der Waals surface area contributed by atoms with E-state index >= 15 is 0 Å². The average Bonchev–Trinajstić information content (AvgIpc) is 2.57. The average molecular weight is 264 g/mol. The van der Waals surface area contributed by atoms with Crippen molar-refractivity contribution in [2.75, 3.05) is 13.1 Å². The molecule has 1 heterocycles. The van der Waals surface area contributed by atoms with Crippen LogP contribution in [-0.4, -0.2) is 24.0 Å². The second-order valence-electron chi connectivity index (χ2n) is 5.93. The zero-order chi connectivity index (χ0) is 13.8. The number of nitrogens with two attached hydrogens (primary N) is 1. The van der Waals surface area contributed by atoms with Gasteiger partial charge in [-0.2, -0.15) is 0 Å². The van der Waals surface area contributed by atoms with Gasteiger partial charge in [-0.25, -0.2) is 4.39 Å². The Morgan fingerprint density at radius 3 is 2.53 bits per heavy atom. The summed E-state index contributed by atoms with van der Waals surface area (Å²) >= 11 is 0. The molecule has 1 aromatic rings. The summed E-state index contributed by atoms with van der Waals surface area (Å²) in [6, 6.07) is 7.07. The number of nitrogens with zero attached hydrogens (tertiary/aromatic N) is 1. The molecule has 3 unspecified atom stereocenters. The van der Waals surface area contributed by atoms with Crippen LogP contribution in [0.3, 0.4) is 0 Å². The van der Waals surface area contributed by atoms with E-state index < -0.39 is 0 Å². The van der Waals surface area contributed by atoms with Gasteiger partial charge < -0.3 is 5.73 Å². The SMILES string of the molecule is CC1CCCN(C(c2ccc(F)cc2)C(C)N)CC1. The molecule has 3 heteroatoms. The Hall–Kier alpha value is -0.930. The molecule has 0 amide bonds. The third-order valence-corrected chi connectivity index (χ3v) is 4.15. The summed E-state index contributed by atoms with van der Waals surface area (Å²) in [6.45, 7) is 6.54. The number of benzene rings is 1. The van der Waals surface area contributed by atoms with Crippen LogP contribution in [-0.2, 0) is 0 Å². The summed E-state index contributed by atoms with van der Waals surface area (Å²) in [5.41, 5.74) is 7.32. The quantitative estimate of drug-likeness (QED) is 0.907. The van der Waals surface area contributed by atoms with E-state index in [-0.39, 0.29) is 17.9 Å². The number of halogens is 1. The van der Waals surface area contributed by atoms with Gasteiger partial charge in [0.25, 0.3) is 0 Å². The maximum atomic E-state index is 13.1. The van der Waals surface area contributed by atoms with Gasteiger partial charge in [0, 0.05) is 12.1 Å². The highest BCUT2D eigenvalue weighted by molar-refractivity contribution is 5.21. The van der Waals surface area contributed by atoms with Crippen molar-refractivity contribution in [1.82, 2.24) is 4.90 Å². The van der Waals surface area contributed by atoms with Crippen LogP contribution in [0.15, 0.2) is 24.3 Å². The smallest absolute Gasteiger partial charge is 0.123 e. The molecule has 19 heavy (non-hydrogen) atoms. The van der Waals surface area contributed by atoms with E-state index in [0.29, 0.717) is 0 Å². The summed E-state index contributed by atoms with van der Waals surface area (Å²) in [5.74, 6) is 0.614. The van der Waals surface area contributed by atoms with Crippen LogP contribution < -0.4 is 5.73 Å². The Balaban J connectivity index is 2.17. The fourth-order valence-electron chi connectivity index (χ4n) is 3.07. The molecule has 2 N–H and O–H groups in total. The Labute approximate surface area is 115 Å². The highest BCUT2D eigenvalue weighted by Gasteiger charge is 2.25.